The van der Waals surface area contributed by atoms with Crippen LogP contribution in [0.4, 0.5) is 27.5 Å². The molecule has 1 atom stereocenters. The summed E-state index contributed by atoms with van der Waals surface area (Å²) >= 11 is 0. The number of nitrogens with two attached hydrogens (primary N) is 1. The minimum absolute atomic E-state index is 0.0696. The number of carbonyl (C=O) groups is 1. The molecule has 30 heavy (non-hydrogen) atoms. The van der Waals surface area contributed by atoms with Crippen LogP contribution >= 0.6 is 0 Å². The second kappa shape index (κ2) is 6.86. The van der Waals surface area contributed by atoms with Crippen LogP contribution in [-0.2, 0) is 4.79 Å². The molecule has 8 nitrogen and oxygen atoms in total. The van der Waals surface area contributed by atoms with Crippen LogP contribution in [0.25, 0.3) is 10.8 Å². The Kier molecular flexibility index (Phi) is 4.27. The van der Waals surface area contributed by atoms with Gasteiger partial charge in [-0.25, -0.2) is 14.8 Å². The van der Waals surface area contributed by atoms with E-state index in [1.807, 2.05) is 32.0 Å². The Balaban J connectivity index is 1.42. The van der Waals surface area contributed by atoms with Gasteiger partial charge in [0.25, 0.3) is 0 Å². The van der Waals surface area contributed by atoms with Gasteiger partial charge in [0.2, 0.25) is 5.91 Å². The predicted octanol–water partition coefficient (Wildman–Crippen LogP) is 3.54. The van der Waals surface area contributed by atoms with Gasteiger partial charge in [-0.3, -0.25) is 4.79 Å². The second-order valence-corrected chi connectivity index (χ2v) is 8.42. The van der Waals surface area contributed by atoms with Crippen LogP contribution in [0.5, 0.6) is 0 Å². The van der Waals surface area contributed by atoms with E-state index >= 15 is 0 Å². The molecule has 0 saturated heterocycles. The van der Waals surface area contributed by atoms with E-state index in [0.717, 1.165) is 18.2 Å². The van der Waals surface area contributed by atoms with Crippen molar-refractivity contribution in [3.63, 3.8) is 0 Å². The molecule has 0 radical (unpaired) electrons. The van der Waals surface area contributed by atoms with E-state index in [-0.39, 0.29) is 35.2 Å². The van der Waals surface area contributed by atoms with Gasteiger partial charge in [-0.2, -0.15) is 4.79 Å². The molecule has 1 unspecified atom stereocenters. The minimum atomic E-state index is -0.327. The Morgan fingerprint density at radius 3 is 2.80 bits per heavy atom. The van der Waals surface area contributed by atoms with Crippen LogP contribution in [-0.4, -0.2) is 27.3 Å². The fraction of sp³-hybridized carbons (Fsp3) is 0.381. The maximum atomic E-state index is 14.5. The fourth-order valence-electron chi connectivity index (χ4n) is 3.90. The summed E-state index contributed by atoms with van der Waals surface area (Å²) in [6.07, 6.45) is 3.56. The summed E-state index contributed by atoms with van der Waals surface area (Å²) in [5, 5.41) is 12.2. The summed E-state index contributed by atoms with van der Waals surface area (Å²) in [6.45, 7) is 4.58. The number of nitrogens with zero attached hydrogens (tertiary/aromatic N) is 3. The molecule has 5 rings (SSSR count). The second-order valence-electron chi connectivity index (χ2n) is 8.42. The van der Waals surface area contributed by atoms with Crippen LogP contribution < -0.4 is 21.8 Å². The quantitative estimate of drug-likeness (QED) is 0.491. The number of halogens is 1. The standard InChI is InChI=1S/C21H24FN7O/c1-10(2)14-8-25-18-7-17(27-29(18)28-21(14)30)26-16-6-12-5-13(11-3-4-11)19(22)20(23)15(12)9-24-16/h5-7,9-11,14,25H,3-4,8,23H2,1-2H3,(H,28,30)(H,24,26,27). The first-order valence-corrected chi connectivity index (χ1v) is 10.2. The first kappa shape index (κ1) is 18.7. The first-order chi connectivity index (χ1) is 14.4. The number of carbonyl (C=O) groups excluding carboxylic acids is 1. The molecule has 156 valence electrons. The van der Waals surface area contributed by atoms with Crippen LogP contribution in [0.3, 0.4) is 0 Å². The SMILES string of the molecule is CC(C)C1CNc2cc(Nc3cc4cc(C5CC5)c(F)c(N)c4cn3)nn2NC1=O. The van der Waals surface area contributed by atoms with Gasteiger partial charge in [-0.1, -0.05) is 13.8 Å². The number of pyridine rings is 1. The Morgan fingerprint density at radius 2 is 2.07 bits per heavy atom. The highest BCUT2D eigenvalue weighted by Crippen LogP contribution is 2.44. The maximum Gasteiger partial charge on any atom is 0.245 e. The van der Waals surface area contributed by atoms with Gasteiger partial charge in [0.05, 0.1) is 11.6 Å². The number of hydrogen-bond donors (Lipinski definition) is 4. The molecule has 3 heterocycles. The Labute approximate surface area is 173 Å². The summed E-state index contributed by atoms with van der Waals surface area (Å²) in [4.78, 5) is 18.2. The summed E-state index contributed by atoms with van der Waals surface area (Å²) < 4.78 is 14.5. The normalized spacial score (nSPS) is 18.7. The number of fused-ring (bicyclic) bond motifs is 2. The van der Waals surface area contributed by atoms with Crippen molar-refractivity contribution >= 4 is 39.8 Å². The molecule has 5 N–H and O–H groups in total. The third-order valence-corrected chi connectivity index (χ3v) is 5.87. The van der Waals surface area contributed by atoms with Crippen LogP contribution in [0.15, 0.2) is 24.4 Å². The van der Waals surface area contributed by atoms with Crippen molar-refractivity contribution in [2.24, 2.45) is 11.8 Å². The number of rotatable bonds is 4. The minimum Gasteiger partial charge on any atom is -0.396 e. The molecule has 1 amide bonds. The predicted molar refractivity (Wildman–Crippen MR) is 115 cm³/mol. The van der Waals surface area contributed by atoms with Gasteiger partial charge in [-0.05, 0) is 47.8 Å². The first-order valence-electron chi connectivity index (χ1n) is 10.2. The third-order valence-electron chi connectivity index (χ3n) is 5.87. The van der Waals surface area contributed by atoms with E-state index in [9.17, 15) is 9.18 Å². The largest absolute Gasteiger partial charge is 0.396 e. The van der Waals surface area contributed by atoms with Gasteiger partial charge in [-0.15, -0.1) is 5.10 Å². The van der Waals surface area contributed by atoms with Crippen molar-refractivity contribution in [3.05, 3.63) is 35.8 Å². The number of anilines is 4. The molecule has 9 heteroatoms. The Bertz CT molecular complexity index is 1150. The Hall–Kier alpha value is -3.36. The van der Waals surface area contributed by atoms with Gasteiger partial charge in [0, 0.05) is 24.2 Å². The zero-order chi connectivity index (χ0) is 21.0. The molecular formula is C21H24FN7O. The topological polar surface area (TPSA) is 110 Å². The summed E-state index contributed by atoms with van der Waals surface area (Å²) in [6, 6.07) is 5.51. The number of nitrogens with one attached hydrogen (secondary N) is 3. The lowest BCUT2D eigenvalue weighted by atomic mass is 9.95. The highest BCUT2D eigenvalue weighted by Gasteiger charge is 2.29. The molecule has 2 aliphatic rings. The zero-order valence-corrected chi connectivity index (χ0v) is 16.9. The molecule has 1 aliphatic carbocycles. The molecule has 2 aromatic heterocycles. The molecular weight excluding hydrogens is 385 g/mol. The number of hydrogen-bond acceptors (Lipinski definition) is 6. The van der Waals surface area contributed by atoms with Crippen LogP contribution in [0.1, 0.15) is 38.2 Å². The highest BCUT2D eigenvalue weighted by molar-refractivity contribution is 5.95. The molecule has 1 aromatic carbocycles. The molecule has 3 aromatic rings. The average Bonchev–Trinajstić information content (AvgIpc) is 3.49. The van der Waals surface area contributed by atoms with Gasteiger partial charge < -0.3 is 16.4 Å². The van der Waals surface area contributed by atoms with E-state index < -0.39 is 0 Å². The fourth-order valence-corrected chi connectivity index (χ4v) is 3.90. The van der Waals surface area contributed by atoms with Gasteiger partial charge in [0.1, 0.15) is 17.5 Å². The van der Waals surface area contributed by atoms with E-state index in [1.165, 1.54) is 4.79 Å². The molecule has 1 saturated carbocycles. The number of benzene rings is 1. The summed E-state index contributed by atoms with van der Waals surface area (Å²) in [7, 11) is 0. The highest BCUT2D eigenvalue weighted by atomic mass is 19.1. The van der Waals surface area contributed by atoms with Crippen LogP contribution in [0, 0.1) is 17.7 Å². The average molecular weight is 409 g/mol. The van der Waals surface area contributed by atoms with Crippen molar-refractivity contribution in [2.75, 3.05) is 28.3 Å². The Morgan fingerprint density at radius 1 is 1.27 bits per heavy atom. The van der Waals surface area contributed by atoms with E-state index in [0.29, 0.717) is 34.9 Å². The monoisotopic (exact) mass is 409 g/mol. The van der Waals surface area contributed by atoms with Crippen molar-refractivity contribution in [1.29, 1.82) is 0 Å². The van der Waals surface area contributed by atoms with E-state index in [4.69, 9.17) is 5.73 Å². The molecule has 0 spiro atoms. The van der Waals surface area contributed by atoms with Gasteiger partial charge in [0.15, 0.2) is 5.82 Å². The smallest absolute Gasteiger partial charge is 0.245 e. The zero-order valence-electron chi connectivity index (χ0n) is 16.9. The number of aromatic nitrogens is 3. The lowest BCUT2D eigenvalue weighted by molar-refractivity contribution is -0.121. The third kappa shape index (κ3) is 3.20. The number of nitrogen functional groups attached to an aromatic ring is 1. The van der Waals surface area contributed by atoms with Crippen molar-refractivity contribution in [2.45, 2.75) is 32.6 Å². The maximum absolute atomic E-state index is 14.5. The van der Waals surface area contributed by atoms with Crippen molar-refractivity contribution in [1.82, 2.24) is 14.9 Å². The van der Waals surface area contributed by atoms with Crippen LogP contribution in [0.2, 0.25) is 0 Å². The number of amides is 1. The lowest BCUT2D eigenvalue weighted by Crippen LogP contribution is -2.33. The van der Waals surface area contributed by atoms with Crippen molar-refractivity contribution < 1.29 is 9.18 Å². The molecule has 1 fully saturated rings. The van der Waals surface area contributed by atoms with Crippen molar-refractivity contribution in [3.8, 4) is 0 Å². The lowest BCUT2D eigenvalue weighted by Gasteiger charge is -2.16. The summed E-state index contributed by atoms with van der Waals surface area (Å²) in [5.41, 5.74) is 9.66. The van der Waals surface area contributed by atoms with Gasteiger partial charge >= 0.3 is 0 Å². The van der Waals surface area contributed by atoms with E-state index in [2.05, 4.69) is 26.1 Å². The molecule has 0 bridgehead atoms. The van der Waals surface area contributed by atoms with E-state index in [1.54, 1.807) is 6.20 Å². The molecule has 1 aliphatic heterocycles. The summed E-state index contributed by atoms with van der Waals surface area (Å²) in [5.74, 6) is 1.74.